The van der Waals surface area contributed by atoms with Crippen LogP contribution in [-0.2, 0) is 11.4 Å². The highest BCUT2D eigenvalue weighted by molar-refractivity contribution is 5.55. The van der Waals surface area contributed by atoms with Crippen LogP contribution in [0.4, 0.5) is 0 Å². The summed E-state index contributed by atoms with van der Waals surface area (Å²) in [5.74, 6) is 0. The summed E-state index contributed by atoms with van der Waals surface area (Å²) in [5, 5.41) is 12.6. The van der Waals surface area contributed by atoms with Crippen molar-refractivity contribution in [1.82, 2.24) is 0 Å². The van der Waals surface area contributed by atoms with Crippen molar-refractivity contribution < 1.29 is 4.84 Å². The molecule has 0 bridgehead atoms. The molecule has 1 aromatic rings. The van der Waals surface area contributed by atoms with E-state index in [1.165, 1.54) is 0 Å². The van der Waals surface area contributed by atoms with E-state index in [-0.39, 0.29) is 0 Å². The summed E-state index contributed by atoms with van der Waals surface area (Å²) < 4.78 is 0. The number of hydrogen-bond acceptors (Lipinski definition) is 3. The molecule has 0 aromatic heterocycles. The lowest BCUT2D eigenvalue weighted by Crippen LogP contribution is -1.91. The molecule has 0 aliphatic rings. The van der Waals surface area contributed by atoms with E-state index >= 15 is 0 Å². The Labute approximate surface area is 90.0 Å². The second-order valence-electron chi connectivity index (χ2n) is 3.12. The monoisotopic (exact) mass is 202 g/mol. The average molecular weight is 202 g/mol. The zero-order valence-electron chi connectivity index (χ0n) is 8.81. The van der Waals surface area contributed by atoms with Crippen molar-refractivity contribution >= 4 is 6.21 Å². The number of oxime groups is 1. The van der Waals surface area contributed by atoms with E-state index < -0.39 is 0 Å². The van der Waals surface area contributed by atoms with Gasteiger partial charge in [0.15, 0.2) is 0 Å². The number of nitriles is 1. The Kier molecular flexibility index (Phi) is 4.96. The first-order valence-electron chi connectivity index (χ1n) is 5.00. The van der Waals surface area contributed by atoms with Crippen molar-refractivity contribution in [1.29, 1.82) is 5.26 Å². The van der Waals surface area contributed by atoms with E-state index in [0.717, 1.165) is 18.4 Å². The molecule has 1 aromatic carbocycles. The van der Waals surface area contributed by atoms with Crippen LogP contribution in [-0.4, -0.2) is 6.21 Å². The van der Waals surface area contributed by atoms with Crippen LogP contribution in [0.2, 0.25) is 0 Å². The SMILES string of the molecule is CCCC=NOCc1ccccc1C#N. The van der Waals surface area contributed by atoms with Crippen molar-refractivity contribution in [2.75, 3.05) is 0 Å². The van der Waals surface area contributed by atoms with Crippen LogP contribution in [0, 0.1) is 11.3 Å². The number of rotatable bonds is 5. The minimum atomic E-state index is 0.351. The number of unbranched alkanes of at least 4 members (excludes halogenated alkanes) is 1. The number of benzene rings is 1. The Hall–Kier alpha value is -1.82. The molecule has 0 fully saturated rings. The average Bonchev–Trinajstić information content (AvgIpc) is 2.29. The summed E-state index contributed by atoms with van der Waals surface area (Å²) in [6.45, 7) is 2.43. The highest BCUT2D eigenvalue weighted by atomic mass is 16.6. The second-order valence-corrected chi connectivity index (χ2v) is 3.12. The molecule has 0 amide bonds. The van der Waals surface area contributed by atoms with Crippen molar-refractivity contribution in [3.05, 3.63) is 35.4 Å². The van der Waals surface area contributed by atoms with E-state index in [1.54, 1.807) is 12.3 Å². The lowest BCUT2D eigenvalue weighted by atomic mass is 10.1. The molecule has 78 valence electrons. The molecule has 0 atom stereocenters. The van der Waals surface area contributed by atoms with E-state index in [1.807, 2.05) is 18.2 Å². The minimum absolute atomic E-state index is 0.351. The fraction of sp³-hybridized carbons (Fsp3) is 0.333. The lowest BCUT2D eigenvalue weighted by molar-refractivity contribution is 0.131. The molecule has 1 rings (SSSR count). The van der Waals surface area contributed by atoms with Gasteiger partial charge < -0.3 is 4.84 Å². The van der Waals surface area contributed by atoms with Gasteiger partial charge in [-0.15, -0.1) is 0 Å². The molecule has 0 spiro atoms. The highest BCUT2D eigenvalue weighted by Gasteiger charge is 1.99. The fourth-order valence-electron chi connectivity index (χ4n) is 1.10. The van der Waals surface area contributed by atoms with Gasteiger partial charge in [0, 0.05) is 11.8 Å². The second kappa shape index (κ2) is 6.61. The first kappa shape index (κ1) is 11.3. The van der Waals surface area contributed by atoms with Crippen molar-refractivity contribution in [3.63, 3.8) is 0 Å². The first-order chi connectivity index (χ1) is 7.38. The van der Waals surface area contributed by atoms with Crippen LogP contribution < -0.4 is 0 Å². The molecule has 15 heavy (non-hydrogen) atoms. The van der Waals surface area contributed by atoms with Crippen molar-refractivity contribution in [2.24, 2.45) is 5.16 Å². The predicted octanol–water partition coefficient (Wildman–Crippen LogP) is 2.86. The third-order valence-corrected chi connectivity index (χ3v) is 1.92. The van der Waals surface area contributed by atoms with Crippen molar-refractivity contribution in [3.8, 4) is 6.07 Å². The molecule has 0 N–H and O–H groups in total. The normalized spacial score (nSPS) is 10.1. The summed E-state index contributed by atoms with van der Waals surface area (Å²) in [5.41, 5.74) is 1.51. The van der Waals surface area contributed by atoms with Gasteiger partial charge in [-0.3, -0.25) is 0 Å². The van der Waals surface area contributed by atoms with Gasteiger partial charge >= 0.3 is 0 Å². The van der Waals surface area contributed by atoms with Crippen LogP contribution in [0.3, 0.4) is 0 Å². The third-order valence-electron chi connectivity index (χ3n) is 1.92. The largest absolute Gasteiger partial charge is 0.391 e. The molecule has 0 heterocycles. The van der Waals surface area contributed by atoms with Gasteiger partial charge in [0.1, 0.15) is 6.61 Å². The maximum Gasteiger partial charge on any atom is 0.143 e. The Morgan fingerprint density at radius 1 is 1.47 bits per heavy atom. The highest BCUT2D eigenvalue weighted by Crippen LogP contribution is 2.08. The fourth-order valence-corrected chi connectivity index (χ4v) is 1.10. The van der Waals surface area contributed by atoms with Gasteiger partial charge in [-0.05, 0) is 12.5 Å². The summed E-state index contributed by atoms with van der Waals surface area (Å²) in [6, 6.07) is 9.48. The van der Waals surface area contributed by atoms with Gasteiger partial charge in [-0.2, -0.15) is 5.26 Å². The van der Waals surface area contributed by atoms with Crippen LogP contribution in [0.25, 0.3) is 0 Å². The van der Waals surface area contributed by atoms with E-state index in [2.05, 4.69) is 18.1 Å². The maximum absolute atomic E-state index is 8.82. The zero-order chi connectivity index (χ0) is 10.9. The zero-order valence-corrected chi connectivity index (χ0v) is 8.81. The Balaban J connectivity index is 2.47. The smallest absolute Gasteiger partial charge is 0.143 e. The Morgan fingerprint density at radius 3 is 3.00 bits per heavy atom. The molecule has 0 radical (unpaired) electrons. The maximum atomic E-state index is 8.82. The summed E-state index contributed by atoms with van der Waals surface area (Å²) >= 11 is 0. The number of hydrogen-bond donors (Lipinski definition) is 0. The lowest BCUT2D eigenvalue weighted by Gasteiger charge is -2.01. The Bertz CT molecular complexity index is 366. The molecule has 0 aliphatic carbocycles. The van der Waals surface area contributed by atoms with Crippen LogP contribution in [0.1, 0.15) is 30.9 Å². The van der Waals surface area contributed by atoms with Crippen LogP contribution in [0.15, 0.2) is 29.4 Å². The number of nitrogens with zero attached hydrogens (tertiary/aromatic N) is 2. The van der Waals surface area contributed by atoms with Gasteiger partial charge in [0.05, 0.1) is 11.6 Å². The van der Waals surface area contributed by atoms with Crippen LogP contribution >= 0.6 is 0 Å². The van der Waals surface area contributed by atoms with Gasteiger partial charge in [0.25, 0.3) is 0 Å². The van der Waals surface area contributed by atoms with Gasteiger partial charge in [0.2, 0.25) is 0 Å². The standard InChI is InChI=1S/C12H14N2O/c1-2-3-8-14-15-10-12-7-5-4-6-11(12)9-13/h4-8H,2-3,10H2,1H3. The van der Waals surface area contributed by atoms with E-state index in [4.69, 9.17) is 10.1 Å². The molecule has 0 aliphatic heterocycles. The quantitative estimate of drug-likeness (QED) is 0.544. The molecule has 0 saturated carbocycles. The van der Waals surface area contributed by atoms with E-state index in [9.17, 15) is 0 Å². The Morgan fingerprint density at radius 2 is 2.27 bits per heavy atom. The summed E-state index contributed by atoms with van der Waals surface area (Å²) in [4.78, 5) is 5.08. The van der Waals surface area contributed by atoms with Gasteiger partial charge in [-0.1, -0.05) is 36.7 Å². The van der Waals surface area contributed by atoms with Gasteiger partial charge in [-0.25, -0.2) is 0 Å². The van der Waals surface area contributed by atoms with E-state index in [0.29, 0.717) is 12.2 Å². The minimum Gasteiger partial charge on any atom is -0.391 e. The molecule has 3 heteroatoms. The predicted molar refractivity (Wildman–Crippen MR) is 59.3 cm³/mol. The molecular formula is C12H14N2O. The van der Waals surface area contributed by atoms with Crippen molar-refractivity contribution in [2.45, 2.75) is 26.4 Å². The first-order valence-corrected chi connectivity index (χ1v) is 5.00. The summed E-state index contributed by atoms with van der Waals surface area (Å²) in [7, 11) is 0. The summed E-state index contributed by atoms with van der Waals surface area (Å²) in [6.07, 6.45) is 3.72. The molecular weight excluding hydrogens is 188 g/mol. The molecule has 0 unspecified atom stereocenters. The van der Waals surface area contributed by atoms with Crippen LogP contribution in [0.5, 0.6) is 0 Å². The topological polar surface area (TPSA) is 45.4 Å². The molecule has 0 saturated heterocycles. The third kappa shape index (κ3) is 3.82. The molecule has 3 nitrogen and oxygen atoms in total.